The molecule has 0 bridgehead atoms. The van der Waals surface area contributed by atoms with E-state index in [9.17, 15) is 4.79 Å². The molecule has 3 aliphatic rings. The van der Waals surface area contributed by atoms with Crippen molar-refractivity contribution in [2.24, 2.45) is 0 Å². The standard InChI is InChI=1S/C50H55NO11/c1-34(52)51-42-45(55-29-36-20-10-4-11-21-36)43(54-28-35-18-8-3-9-19-35)40(60-49(42)53-2)32-59-50-47(57-31-38-24-14-6-15-25-38)46(56-30-37-22-12-5-13-23-37)44-41(61-50)33-58-48(62-44)39-26-16-7-17-27-39/h3-27,40-50H,28-33H2,1-2H3,(H,51,52)/t40-,41-,42-,43-,44-,45-,46+,47+,48?,49+,50-/m1/s1. The summed E-state index contributed by atoms with van der Waals surface area (Å²) in [6.07, 6.45) is -7.24. The smallest absolute Gasteiger partial charge is 0.217 e. The number of carbonyl (C=O) groups excluding carboxylic acids is 1. The molecule has 0 radical (unpaired) electrons. The average molecular weight is 846 g/mol. The molecule has 5 aromatic carbocycles. The molecule has 326 valence electrons. The second kappa shape index (κ2) is 22.0. The number of methoxy groups -OCH3 is 1. The minimum atomic E-state index is -0.961. The molecule has 1 N–H and O–H groups in total. The molecule has 1 unspecified atom stereocenters. The zero-order valence-corrected chi connectivity index (χ0v) is 35.0. The summed E-state index contributed by atoms with van der Waals surface area (Å²) in [5.74, 6) is -0.262. The number of hydrogen-bond donors (Lipinski definition) is 1. The summed E-state index contributed by atoms with van der Waals surface area (Å²) in [7, 11) is 1.54. The normalized spacial score (nSPS) is 28.5. The monoisotopic (exact) mass is 845 g/mol. The predicted octanol–water partition coefficient (Wildman–Crippen LogP) is 7.06. The van der Waals surface area contributed by atoms with Gasteiger partial charge in [0.25, 0.3) is 0 Å². The number of rotatable bonds is 18. The van der Waals surface area contributed by atoms with E-state index in [1.807, 2.05) is 152 Å². The highest BCUT2D eigenvalue weighted by Gasteiger charge is 2.53. The van der Waals surface area contributed by atoms with Crippen LogP contribution < -0.4 is 5.32 Å². The Kier molecular flexibility index (Phi) is 15.5. The van der Waals surface area contributed by atoms with Gasteiger partial charge in [-0.1, -0.05) is 152 Å². The summed E-state index contributed by atoms with van der Waals surface area (Å²) in [5.41, 5.74) is 4.77. The van der Waals surface area contributed by atoms with Crippen LogP contribution in [0.4, 0.5) is 0 Å². The van der Waals surface area contributed by atoms with Crippen LogP contribution in [0.15, 0.2) is 152 Å². The minimum Gasteiger partial charge on any atom is -0.368 e. The third kappa shape index (κ3) is 11.4. The molecule has 0 aromatic heterocycles. The van der Waals surface area contributed by atoms with Crippen molar-refractivity contribution in [1.82, 2.24) is 5.32 Å². The first-order valence-electron chi connectivity index (χ1n) is 21.2. The SMILES string of the molecule is CO[C@H]1O[C@H](CO[C@@H]2O[C@@H]3COC(c4ccccc4)O[C@H]3[C@H](OCc3ccccc3)[C@@H]2OCc2ccccc2)[C@@H](OCc2ccccc2)[C@H](OCc2ccccc2)[C@H]1NC(C)=O. The van der Waals surface area contributed by atoms with Crippen LogP contribution in [0.1, 0.15) is 41.0 Å². The third-order valence-electron chi connectivity index (χ3n) is 11.2. The maximum Gasteiger partial charge on any atom is 0.217 e. The van der Waals surface area contributed by atoms with E-state index >= 15 is 0 Å². The van der Waals surface area contributed by atoms with Gasteiger partial charge in [0.05, 0.1) is 39.6 Å². The molecule has 1 amide bonds. The van der Waals surface area contributed by atoms with Crippen LogP contribution in [-0.4, -0.2) is 87.6 Å². The highest BCUT2D eigenvalue weighted by atomic mass is 16.8. The molecule has 12 nitrogen and oxygen atoms in total. The van der Waals surface area contributed by atoms with Gasteiger partial charge in [-0.05, 0) is 22.3 Å². The quantitative estimate of drug-likeness (QED) is 0.0977. The van der Waals surface area contributed by atoms with Crippen molar-refractivity contribution in [2.75, 3.05) is 20.3 Å². The van der Waals surface area contributed by atoms with Gasteiger partial charge in [0.1, 0.15) is 48.8 Å². The molecule has 3 fully saturated rings. The van der Waals surface area contributed by atoms with Crippen molar-refractivity contribution in [2.45, 2.75) is 101 Å². The summed E-state index contributed by atoms with van der Waals surface area (Å²) in [6.45, 7) is 2.72. The van der Waals surface area contributed by atoms with Crippen LogP contribution in [-0.2, 0) is 78.6 Å². The van der Waals surface area contributed by atoms with E-state index in [0.29, 0.717) is 6.61 Å². The number of hydrogen-bond acceptors (Lipinski definition) is 11. The highest BCUT2D eigenvalue weighted by Crippen LogP contribution is 2.38. The Bertz CT molecular complexity index is 2070. The average Bonchev–Trinajstić information content (AvgIpc) is 3.32. The van der Waals surface area contributed by atoms with E-state index in [0.717, 1.165) is 27.8 Å². The fourth-order valence-electron chi connectivity index (χ4n) is 8.11. The Morgan fingerprint density at radius 3 is 1.52 bits per heavy atom. The number of fused-ring (bicyclic) bond motifs is 1. The summed E-state index contributed by atoms with van der Waals surface area (Å²) in [5, 5.41) is 3.02. The zero-order valence-electron chi connectivity index (χ0n) is 35.0. The Hall–Kier alpha value is -4.83. The van der Waals surface area contributed by atoms with Crippen LogP contribution >= 0.6 is 0 Å². The molecular formula is C50H55NO11. The summed E-state index contributed by atoms with van der Waals surface area (Å²) < 4.78 is 66.2. The lowest BCUT2D eigenvalue weighted by Gasteiger charge is -2.50. The van der Waals surface area contributed by atoms with E-state index in [2.05, 4.69) is 5.32 Å². The van der Waals surface area contributed by atoms with Gasteiger partial charge in [-0.2, -0.15) is 0 Å². The van der Waals surface area contributed by atoms with Crippen LogP contribution in [0.2, 0.25) is 0 Å². The molecule has 0 aliphatic carbocycles. The van der Waals surface area contributed by atoms with Crippen LogP contribution in [0.3, 0.4) is 0 Å². The molecule has 0 saturated carbocycles. The molecule has 3 saturated heterocycles. The van der Waals surface area contributed by atoms with E-state index < -0.39 is 67.6 Å². The lowest BCUT2D eigenvalue weighted by Crippen LogP contribution is -2.66. The van der Waals surface area contributed by atoms with E-state index in [4.69, 9.17) is 47.4 Å². The topological polar surface area (TPSA) is 121 Å². The van der Waals surface area contributed by atoms with Crippen molar-refractivity contribution in [3.8, 4) is 0 Å². The fraction of sp³-hybridized carbons (Fsp3) is 0.380. The number of benzene rings is 5. The van der Waals surface area contributed by atoms with Gasteiger partial charge in [-0.15, -0.1) is 0 Å². The van der Waals surface area contributed by atoms with Crippen molar-refractivity contribution in [3.05, 3.63) is 179 Å². The molecule has 3 heterocycles. The second-order valence-electron chi connectivity index (χ2n) is 15.6. The van der Waals surface area contributed by atoms with E-state index in [1.54, 1.807) is 0 Å². The third-order valence-corrected chi connectivity index (χ3v) is 11.2. The number of carbonyl (C=O) groups is 1. The largest absolute Gasteiger partial charge is 0.368 e. The highest BCUT2D eigenvalue weighted by molar-refractivity contribution is 5.73. The molecule has 0 spiro atoms. The first-order chi connectivity index (χ1) is 30.5. The van der Waals surface area contributed by atoms with Gasteiger partial charge in [0, 0.05) is 19.6 Å². The van der Waals surface area contributed by atoms with Gasteiger partial charge in [0.2, 0.25) is 5.91 Å². The maximum absolute atomic E-state index is 12.7. The molecule has 62 heavy (non-hydrogen) atoms. The number of amides is 1. The Morgan fingerprint density at radius 2 is 1.02 bits per heavy atom. The minimum absolute atomic E-state index is 0.0235. The van der Waals surface area contributed by atoms with Crippen molar-refractivity contribution < 1.29 is 52.2 Å². The maximum atomic E-state index is 12.7. The molecule has 8 rings (SSSR count). The summed E-state index contributed by atoms with van der Waals surface area (Å²) >= 11 is 0. The van der Waals surface area contributed by atoms with Crippen LogP contribution in [0.5, 0.6) is 0 Å². The van der Waals surface area contributed by atoms with E-state index in [-0.39, 0.29) is 38.9 Å². The molecule has 12 heteroatoms. The fourth-order valence-corrected chi connectivity index (χ4v) is 8.11. The van der Waals surface area contributed by atoms with Gasteiger partial charge < -0.3 is 52.7 Å². The van der Waals surface area contributed by atoms with Gasteiger partial charge in [-0.3, -0.25) is 4.79 Å². The summed E-state index contributed by atoms with van der Waals surface area (Å²) in [4.78, 5) is 12.7. The van der Waals surface area contributed by atoms with Crippen LogP contribution in [0.25, 0.3) is 0 Å². The first kappa shape index (κ1) is 43.8. The lowest BCUT2D eigenvalue weighted by molar-refractivity contribution is -0.377. The van der Waals surface area contributed by atoms with Crippen molar-refractivity contribution in [3.63, 3.8) is 0 Å². The Labute approximate surface area is 363 Å². The molecule has 5 aromatic rings. The first-order valence-corrected chi connectivity index (χ1v) is 21.2. The Balaban J connectivity index is 1.09. The van der Waals surface area contributed by atoms with Gasteiger partial charge >= 0.3 is 0 Å². The van der Waals surface area contributed by atoms with Crippen molar-refractivity contribution in [1.29, 1.82) is 0 Å². The zero-order chi connectivity index (χ0) is 42.5. The number of ether oxygens (including phenoxy) is 10. The van der Waals surface area contributed by atoms with Gasteiger partial charge in [-0.25, -0.2) is 0 Å². The lowest BCUT2D eigenvalue weighted by atomic mass is 9.95. The number of nitrogens with one attached hydrogen (secondary N) is 1. The second-order valence-corrected chi connectivity index (χ2v) is 15.6. The van der Waals surface area contributed by atoms with Crippen LogP contribution in [0, 0.1) is 0 Å². The molecular weight excluding hydrogens is 791 g/mol. The molecule has 11 atom stereocenters. The van der Waals surface area contributed by atoms with Crippen molar-refractivity contribution >= 4 is 5.91 Å². The Morgan fingerprint density at radius 1 is 0.548 bits per heavy atom. The predicted molar refractivity (Wildman–Crippen MR) is 228 cm³/mol. The molecule has 3 aliphatic heterocycles. The summed E-state index contributed by atoms with van der Waals surface area (Å²) in [6, 6.07) is 48.7. The van der Waals surface area contributed by atoms with Gasteiger partial charge in [0.15, 0.2) is 18.9 Å². The van der Waals surface area contributed by atoms with E-state index in [1.165, 1.54) is 14.0 Å².